The summed E-state index contributed by atoms with van der Waals surface area (Å²) in [5, 5.41) is 12.6. The number of rotatable bonds is 8. The zero-order valence-electron chi connectivity index (χ0n) is 13.7. The Kier molecular flexibility index (Phi) is 6.35. The number of hydrogen-bond acceptors (Lipinski definition) is 4. The first-order valence-corrected chi connectivity index (χ1v) is 8.05. The van der Waals surface area contributed by atoms with Gasteiger partial charge in [-0.05, 0) is 5.92 Å². The van der Waals surface area contributed by atoms with Crippen molar-refractivity contribution in [3.05, 3.63) is 42.4 Å². The van der Waals surface area contributed by atoms with Crippen LogP contribution in [0.15, 0.2) is 40.9 Å². The van der Waals surface area contributed by atoms with Crippen LogP contribution in [0.1, 0.15) is 32.6 Å². The van der Waals surface area contributed by atoms with Gasteiger partial charge in [0.05, 0.1) is 12.3 Å². The highest BCUT2D eigenvalue weighted by atomic mass is 16.4. The highest BCUT2D eigenvalue weighted by molar-refractivity contribution is 5.76. The first-order valence-electron chi connectivity index (χ1n) is 8.05. The Hall–Kier alpha value is -2.14. The Bertz CT molecular complexity index is 610. The van der Waals surface area contributed by atoms with E-state index in [-0.39, 0.29) is 18.4 Å². The van der Waals surface area contributed by atoms with Gasteiger partial charge in [0.2, 0.25) is 5.91 Å². The van der Waals surface area contributed by atoms with Gasteiger partial charge in [0.1, 0.15) is 0 Å². The molecule has 2 aromatic rings. The van der Waals surface area contributed by atoms with E-state index in [0.717, 1.165) is 12.0 Å². The highest BCUT2D eigenvalue weighted by Gasteiger charge is 2.14. The number of hydrogen-bond donors (Lipinski definition) is 2. The number of carbonyl (C=O) groups excluding carboxylic acids is 1. The van der Waals surface area contributed by atoms with E-state index in [1.807, 2.05) is 44.2 Å². The van der Waals surface area contributed by atoms with E-state index in [4.69, 9.17) is 4.42 Å². The lowest BCUT2D eigenvalue weighted by atomic mass is 10.0. The van der Waals surface area contributed by atoms with Crippen molar-refractivity contribution in [2.75, 3.05) is 6.54 Å². The second-order valence-corrected chi connectivity index (χ2v) is 5.74. The number of aliphatic hydroxyl groups is 1. The molecular formula is C18H24N2O3. The van der Waals surface area contributed by atoms with Gasteiger partial charge in [-0.2, -0.15) is 0 Å². The van der Waals surface area contributed by atoms with Crippen molar-refractivity contribution in [3.63, 3.8) is 0 Å². The third-order valence-electron chi connectivity index (χ3n) is 3.99. The Balaban J connectivity index is 1.78. The first kappa shape index (κ1) is 17.2. The molecule has 124 valence electrons. The molecule has 0 saturated carbocycles. The van der Waals surface area contributed by atoms with Crippen LogP contribution in [0.3, 0.4) is 0 Å². The highest BCUT2D eigenvalue weighted by Crippen LogP contribution is 2.20. The van der Waals surface area contributed by atoms with Crippen LogP contribution in [0.4, 0.5) is 0 Å². The number of oxazole rings is 1. The number of aliphatic hydroxyl groups excluding tert-OH is 1. The number of aryl methyl sites for hydroxylation is 1. The molecule has 2 rings (SSSR count). The van der Waals surface area contributed by atoms with E-state index in [2.05, 4.69) is 10.3 Å². The molecule has 0 aliphatic rings. The molecule has 1 aromatic carbocycles. The second kappa shape index (κ2) is 8.48. The van der Waals surface area contributed by atoms with Crippen molar-refractivity contribution in [2.45, 2.75) is 39.2 Å². The van der Waals surface area contributed by atoms with Crippen LogP contribution >= 0.6 is 0 Å². The second-order valence-electron chi connectivity index (χ2n) is 5.74. The van der Waals surface area contributed by atoms with Gasteiger partial charge in [-0.25, -0.2) is 4.98 Å². The zero-order chi connectivity index (χ0) is 16.7. The summed E-state index contributed by atoms with van der Waals surface area (Å²) in [5.74, 6) is 1.32. The number of amides is 1. The Morgan fingerprint density at radius 1 is 1.35 bits per heavy atom. The van der Waals surface area contributed by atoms with Gasteiger partial charge in [-0.3, -0.25) is 4.79 Å². The van der Waals surface area contributed by atoms with Crippen LogP contribution in [0.25, 0.3) is 11.3 Å². The molecule has 1 heterocycles. The van der Waals surface area contributed by atoms with Crippen molar-refractivity contribution in [2.24, 2.45) is 5.92 Å². The van der Waals surface area contributed by atoms with Gasteiger partial charge in [-0.15, -0.1) is 0 Å². The van der Waals surface area contributed by atoms with Crippen LogP contribution in [0.2, 0.25) is 0 Å². The van der Waals surface area contributed by atoms with E-state index in [0.29, 0.717) is 24.5 Å². The maximum Gasteiger partial charge on any atom is 0.220 e. The third kappa shape index (κ3) is 5.21. The molecule has 0 aliphatic heterocycles. The van der Waals surface area contributed by atoms with Gasteiger partial charge in [0.25, 0.3) is 0 Å². The van der Waals surface area contributed by atoms with Crippen molar-refractivity contribution >= 4 is 5.91 Å². The fourth-order valence-corrected chi connectivity index (χ4v) is 2.16. The summed E-state index contributed by atoms with van der Waals surface area (Å²) >= 11 is 0. The van der Waals surface area contributed by atoms with Crippen LogP contribution in [-0.2, 0) is 11.2 Å². The number of nitrogens with one attached hydrogen (secondary N) is 1. The molecule has 5 heteroatoms. The van der Waals surface area contributed by atoms with Crippen LogP contribution in [-0.4, -0.2) is 28.6 Å². The molecule has 0 spiro atoms. The summed E-state index contributed by atoms with van der Waals surface area (Å²) in [6.45, 7) is 4.27. The molecule has 1 aromatic heterocycles. The Morgan fingerprint density at radius 3 is 2.78 bits per heavy atom. The lowest BCUT2D eigenvalue weighted by Gasteiger charge is -2.17. The predicted octanol–water partition coefficient (Wildman–Crippen LogP) is 2.80. The molecule has 0 bridgehead atoms. The monoisotopic (exact) mass is 316 g/mol. The van der Waals surface area contributed by atoms with E-state index in [9.17, 15) is 9.90 Å². The van der Waals surface area contributed by atoms with E-state index >= 15 is 0 Å². The minimum absolute atomic E-state index is 0.105. The molecule has 23 heavy (non-hydrogen) atoms. The number of nitrogens with zero attached hydrogens (tertiary/aromatic N) is 1. The normalized spacial score (nSPS) is 13.5. The third-order valence-corrected chi connectivity index (χ3v) is 3.99. The average molecular weight is 316 g/mol. The zero-order valence-corrected chi connectivity index (χ0v) is 13.7. The van der Waals surface area contributed by atoms with Gasteiger partial charge in [0, 0.05) is 24.9 Å². The fraction of sp³-hybridized carbons (Fsp3) is 0.444. The number of aromatic nitrogens is 1. The number of carbonyl (C=O) groups is 1. The molecule has 0 aliphatic carbocycles. The molecule has 0 fully saturated rings. The van der Waals surface area contributed by atoms with Crippen molar-refractivity contribution < 1.29 is 14.3 Å². The summed E-state index contributed by atoms with van der Waals surface area (Å²) in [5.41, 5.74) is 0.965. The lowest BCUT2D eigenvalue weighted by Crippen LogP contribution is -2.35. The quantitative estimate of drug-likeness (QED) is 0.785. The molecule has 1 amide bonds. The summed E-state index contributed by atoms with van der Waals surface area (Å²) in [6.07, 6.45) is 2.79. The van der Waals surface area contributed by atoms with Crippen molar-refractivity contribution in [1.82, 2.24) is 10.3 Å². The maximum absolute atomic E-state index is 11.8. The van der Waals surface area contributed by atoms with E-state index in [1.165, 1.54) is 0 Å². The minimum Gasteiger partial charge on any atom is -0.441 e. The standard InChI is InChI=1S/C18H24N2O3/c1-3-13(2)15(21)11-19-17(22)9-10-18-20-12-16(23-18)14-7-5-4-6-8-14/h4-8,12-13,15,21H,3,9-11H2,1-2H3,(H,19,22). The molecular weight excluding hydrogens is 292 g/mol. The van der Waals surface area contributed by atoms with Crippen molar-refractivity contribution in [1.29, 1.82) is 0 Å². The minimum atomic E-state index is -0.504. The smallest absolute Gasteiger partial charge is 0.220 e. The van der Waals surface area contributed by atoms with Crippen LogP contribution < -0.4 is 5.32 Å². The van der Waals surface area contributed by atoms with Crippen LogP contribution in [0.5, 0.6) is 0 Å². The van der Waals surface area contributed by atoms with Gasteiger partial charge in [-0.1, -0.05) is 50.6 Å². The SMILES string of the molecule is CCC(C)C(O)CNC(=O)CCc1ncc(-c2ccccc2)o1. The van der Waals surface area contributed by atoms with Crippen molar-refractivity contribution in [3.8, 4) is 11.3 Å². The molecule has 0 radical (unpaired) electrons. The molecule has 5 nitrogen and oxygen atoms in total. The predicted molar refractivity (Wildman–Crippen MR) is 88.7 cm³/mol. The Labute approximate surface area is 136 Å². The summed E-state index contributed by atoms with van der Waals surface area (Å²) in [4.78, 5) is 16.0. The van der Waals surface area contributed by atoms with Gasteiger partial charge >= 0.3 is 0 Å². The summed E-state index contributed by atoms with van der Waals surface area (Å²) in [7, 11) is 0. The number of benzene rings is 1. The molecule has 2 unspecified atom stereocenters. The topological polar surface area (TPSA) is 75.4 Å². The largest absolute Gasteiger partial charge is 0.441 e. The maximum atomic E-state index is 11.8. The van der Waals surface area contributed by atoms with Crippen LogP contribution in [0, 0.1) is 5.92 Å². The lowest BCUT2D eigenvalue weighted by molar-refractivity contribution is -0.121. The average Bonchev–Trinajstić information content (AvgIpc) is 3.06. The Morgan fingerprint density at radius 2 is 2.09 bits per heavy atom. The van der Waals surface area contributed by atoms with Gasteiger partial charge in [0.15, 0.2) is 11.7 Å². The fourth-order valence-electron chi connectivity index (χ4n) is 2.16. The summed E-state index contributed by atoms with van der Waals surface area (Å²) in [6, 6.07) is 9.72. The molecule has 2 N–H and O–H groups in total. The first-order chi connectivity index (χ1) is 11.1. The molecule has 0 saturated heterocycles. The van der Waals surface area contributed by atoms with E-state index < -0.39 is 6.10 Å². The van der Waals surface area contributed by atoms with Gasteiger partial charge < -0.3 is 14.8 Å². The summed E-state index contributed by atoms with van der Waals surface area (Å²) < 4.78 is 5.66. The van der Waals surface area contributed by atoms with E-state index in [1.54, 1.807) is 6.20 Å². The molecule has 2 atom stereocenters.